The van der Waals surface area contributed by atoms with Gasteiger partial charge in [-0.1, -0.05) is 42.5 Å². The smallest absolute Gasteiger partial charge is 0.159 e. The summed E-state index contributed by atoms with van der Waals surface area (Å²) in [7, 11) is 1.65. The van der Waals surface area contributed by atoms with Crippen LogP contribution < -0.4 is 4.74 Å². The first kappa shape index (κ1) is 14.3. The van der Waals surface area contributed by atoms with Crippen molar-refractivity contribution in [2.45, 2.75) is 26.2 Å². The SMILES string of the molecule is COc1cc(C(C)=O)ccc1CCCc1ccccc1. The van der Waals surface area contributed by atoms with Gasteiger partial charge in [-0.3, -0.25) is 4.79 Å². The Morgan fingerprint density at radius 3 is 2.45 bits per heavy atom. The van der Waals surface area contributed by atoms with Crippen LogP contribution >= 0.6 is 0 Å². The number of aryl methyl sites for hydroxylation is 2. The molecule has 0 aliphatic rings. The number of carbonyl (C=O) groups is 1. The van der Waals surface area contributed by atoms with Crippen LogP contribution in [0.5, 0.6) is 5.75 Å². The highest BCUT2D eigenvalue weighted by molar-refractivity contribution is 5.94. The molecule has 0 heterocycles. The van der Waals surface area contributed by atoms with Crippen molar-refractivity contribution in [1.29, 1.82) is 0 Å². The van der Waals surface area contributed by atoms with Gasteiger partial charge in [-0.2, -0.15) is 0 Å². The van der Waals surface area contributed by atoms with Crippen LogP contribution in [0.25, 0.3) is 0 Å². The first-order valence-electron chi connectivity index (χ1n) is 6.92. The fourth-order valence-electron chi connectivity index (χ4n) is 2.30. The summed E-state index contributed by atoms with van der Waals surface area (Å²) in [5.41, 5.74) is 3.22. The minimum Gasteiger partial charge on any atom is -0.496 e. The van der Waals surface area contributed by atoms with Gasteiger partial charge in [0.15, 0.2) is 5.78 Å². The van der Waals surface area contributed by atoms with Crippen LogP contribution in [0.3, 0.4) is 0 Å². The summed E-state index contributed by atoms with van der Waals surface area (Å²) in [6, 6.07) is 16.2. The molecule has 2 aromatic carbocycles. The molecule has 20 heavy (non-hydrogen) atoms. The molecule has 0 aromatic heterocycles. The molecule has 0 spiro atoms. The van der Waals surface area contributed by atoms with Gasteiger partial charge in [0.05, 0.1) is 7.11 Å². The van der Waals surface area contributed by atoms with E-state index in [4.69, 9.17) is 4.74 Å². The first-order chi connectivity index (χ1) is 9.70. The molecule has 0 radical (unpaired) electrons. The highest BCUT2D eigenvalue weighted by Gasteiger charge is 2.07. The van der Waals surface area contributed by atoms with E-state index in [0.717, 1.165) is 30.6 Å². The normalized spacial score (nSPS) is 10.3. The first-order valence-corrected chi connectivity index (χ1v) is 6.92. The van der Waals surface area contributed by atoms with E-state index >= 15 is 0 Å². The minimum absolute atomic E-state index is 0.0686. The van der Waals surface area contributed by atoms with Gasteiger partial charge in [-0.25, -0.2) is 0 Å². The van der Waals surface area contributed by atoms with Crippen LogP contribution in [-0.4, -0.2) is 12.9 Å². The molecule has 0 N–H and O–H groups in total. The van der Waals surface area contributed by atoms with E-state index in [1.807, 2.05) is 24.3 Å². The number of carbonyl (C=O) groups excluding carboxylic acids is 1. The Morgan fingerprint density at radius 2 is 1.80 bits per heavy atom. The molecule has 0 bridgehead atoms. The standard InChI is InChI=1S/C18H20O2/c1-14(19)17-12-11-16(18(13-17)20-2)10-6-9-15-7-4-3-5-8-15/h3-5,7-8,11-13H,6,9-10H2,1-2H3. The number of hydrogen-bond acceptors (Lipinski definition) is 2. The maximum absolute atomic E-state index is 11.4. The van der Waals surface area contributed by atoms with Crippen molar-refractivity contribution in [2.24, 2.45) is 0 Å². The average molecular weight is 268 g/mol. The molecule has 0 saturated heterocycles. The number of ether oxygens (including phenoxy) is 1. The molecule has 104 valence electrons. The van der Waals surface area contributed by atoms with Crippen molar-refractivity contribution < 1.29 is 9.53 Å². The number of ketones is 1. The Hall–Kier alpha value is -2.09. The Balaban J connectivity index is 2.00. The van der Waals surface area contributed by atoms with Crippen molar-refractivity contribution in [3.8, 4) is 5.75 Å². The number of rotatable bonds is 6. The Kier molecular flexibility index (Phi) is 4.94. The maximum Gasteiger partial charge on any atom is 0.159 e. The van der Waals surface area contributed by atoms with Gasteiger partial charge < -0.3 is 4.74 Å². The van der Waals surface area contributed by atoms with Crippen molar-refractivity contribution in [1.82, 2.24) is 0 Å². The summed E-state index contributed by atoms with van der Waals surface area (Å²) in [5.74, 6) is 0.880. The van der Waals surface area contributed by atoms with Gasteiger partial charge in [0.25, 0.3) is 0 Å². The maximum atomic E-state index is 11.4. The van der Waals surface area contributed by atoms with Gasteiger partial charge >= 0.3 is 0 Å². The molecule has 0 aliphatic carbocycles. The molecule has 0 aliphatic heterocycles. The molecule has 2 rings (SSSR count). The molecule has 0 fully saturated rings. The molecule has 0 saturated carbocycles. The van der Waals surface area contributed by atoms with E-state index in [1.54, 1.807) is 14.0 Å². The summed E-state index contributed by atoms with van der Waals surface area (Å²) >= 11 is 0. The van der Waals surface area contributed by atoms with E-state index in [1.165, 1.54) is 5.56 Å². The van der Waals surface area contributed by atoms with Crippen LogP contribution in [0.1, 0.15) is 34.8 Å². The second kappa shape index (κ2) is 6.90. The highest BCUT2D eigenvalue weighted by atomic mass is 16.5. The summed E-state index contributed by atoms with van der Waals surface area (Å²) in [6.45, 7) is 1.57. The van der Waals surface area contributed by atoms with Gasteiger partial charge in [0.2, 0.25) is 0 Å². The van der Waals surface area contributed by atoms with E-state index in [9.17, 15) is 4.79 Å². The zero-order valence-corrected chi connectivity index (χ0v) is 12.1. The number of Topliss-reactive ketones (excluding diaryl/α,β-unsaturated/α-hetero) is 1. The third kappa shape index (κ3) is 3.70. The van der Waals surface area contributed by atoms with Crippen molar-refractivity contribution in [3.63, 3.8) is 0 Å². The molecular formula is C18H20O2. The third-order valence-corrected chi connectivity index (χ3v) is 3.45. The van der Waals surface area contributed by atoms with Crippen LogP contribution in [0.4, 0.5) is 0 Å². The average Bonchev–Trinajstić information content (AvgIpc) is 2.48. The Morgan fingerprint density at radius 1 is 1.05 bits per heavy atom. The van der Waals surface area contributed by atoms with Crippen LogP contribution in [0.2, 0.25) is 0 Å². The molecule has 2 heteroatoms. The van der Waals surface area contributed by atoms with Crippen LogP contribution in [-0.2, 0) is 12.8 Å². The topological polar surface area (TPSA) is 26.3 Å². The fourth-order valence-corrected chi connectivity index (χ4v) is 2.30. The van der Waals surface area contributed by atoms with E-state index in [2.05, 4.69) is 24.3 Å². The predicted molar refractivity (Wildman–Crippen MR) is 81.5 cm³/mol. The summed E-state index contributed by atoms with van der Waals surface area (Å²) in [4.78, 5) is 11.4. The predicted octanol–water partition coefficient (Wildman–Crippen LogP) is 4.07. The lowest BCUT2D eigenvalue weighted by molar-refractivity contribution is 0.101. The molecule has 0 atom stereocenters. The van der Waals surface area contributed by atoms with Crippen molar-refractivity contribution >= 4 is 5.78 Å². The van der Waals surface area contributed by atoms with Crippen LogP contribution in [0, 0.1) is 0 Å². The zero-order valence-electron chi connectivity index (χ0n) is 12.1. The van der Waals surface area contributed by atoms with E-state index in [-0.39, 0.29) is 5.78 Å². The number of hydrogen-bond donors (Lipinski definition) is 0. The molecule has 0 amide bonds. The van der Waals surface area contributed by atoms with Gasteiger partial charge in [-0.05, 0) is 43.4 Å². The Bertz CT molecular complexity index is 573. The lowest BCUT2D eigenvalue weighted by Gasteiger charge is -2.10. The summed E-state index contributed by atoms with van der Waals surface area (Å²) in [5, 5.41) is 0. The van der Waals surface area contributed by atoms with E-state index in [0.29, 0.717) is 5.56 Å². The molecule has 2 nitrogen and oxygen atoms in total. The monoisotopic (exact) mass is 268 g/mol. The van der Waals surface area contributed by atoms with Gasteiger partial charge in [0.1, 0.15) is 5.75 Å². The Labute approximate surface area is 120 Å². The summed E-state index contributed by atoms with van der Waals surface area (Å²) < 4.78 is 5.39. The lowest BCUT2D eigenvalue weighted by atomic mass is 10.0. The zero-order chi connectivity index (χ0) is 14.4. The second-order valence-corrected chi connectivity index (χ2v) is 4.92. The van der Waals surface area contributed by atoms with Gasteiger partial charge in [0, 0.05) is 5.56 Å². The quantitative estimate of drug-likeness (QED) is 0.738. The highest BCUT2D eigenvalue weighted by Crippen LogP contribution is 2.22. The van der Waals surface area contributed by atoms with Crippen molar-refractivity contribution in [2.75, 3.05) is 7.11 Å². The molecular weight excluding hydrogens is 248 g/mol. The minimum atomic E-state index is 0.0686. The fraction of sp³-hybridized carbons (Fsp3) is 0.278. The lowest BCUT2D eigenvalue weighted by Crippen LogP contribution is -1.98. The van der Waals surface area contributed by atoms with Crippen LogP contribution in [0.15, 0.2) is 48.5 Å². The molecule has 0 unspecified atom stereocenters. The van der Waals surface area contributed by atoms with E-state index < -0.39 is 0 Å². The van der Waals surface area contributed by atoms with Crippen molar-refractivity contribution in [3.05, 3.63) is 65.2 Å². The third-order valence-electron chi connectivity index (χ3n) is 3.45. The molecule has 2 aromatic rings. The largest absolute Gasteiger partial charge is 0.496 e. The summed E-state index contributed by atoms with van der Waals surface area (Å²) in [6.07, 6.45) is 3.08. The second-order valence-electron chi connectivity index (χ2n) is 4.92. The number of benzene rings is 2. The van der Waals surface area contributed by atoms with Gasteiger partial charge in [-0.15, -0.1) is 0 Å². The number of methoxy groups -OCH3 is 1.